The number of benzene rings is 1. The summed E-state index contributed by atoms with van der Waals surface area (Å²) in [5, 5.41) is 17.7. The van der Waals surface area contributed by atoms with Gasteiger partial charge in [-0.15, -0.1) is 0 Å². The van der Waals surface area contributed by atoms with E-state index >= 15 is 0 Å². The molecule has 0 aliphatic carbocycles. The van der Waals surface area contributed by atoms with E-state index in [0.29, 0.717) is 12.4 Å². The number of aromatic nitrogens is 2. The van der Waals surface area contributed by atoms with Crippen molar-refractivity contribution in [1.82, 2.24) is 9.55 Å². The lowest BCUT2D eigenvalue weighted by Crippen LogP contribution is -2.01. The lowest BCUT2D eigenvalue weighted by molar-refractivity contribution is 0.282. The van der Waals surface area contributed by atoms with Crippen LogP contribution < -0.4 is 0 Å². The number of imidazole rings is 1. The topological polar surface area (TPSA) is 61.8 Å². The van der Waals surface area contributed by atoms with Gasteiger partial charge in [0, 0.05) is 18.9 Å². The Hall–Kier alpha value is -2.12. The van der Waals surface area contributed by atoms with Crippen molar-refractivity contribution in [3.8, 4) is 6.07 Å². The van der Waals surface area contributed by atoms with E-state index in [4.69, 9.17) is 10.4 Å². The quantitative estimate of drug-likeness (QED) is 0.835. The molecule has 16 heavy (non-hydrogen) atoms. The smallest absolute Gasteiger partial charge is 0.213 e. The Morgan fingerprint density at radius 3 is 2.56 bits per heavy atom. The molecule has 1 aromatic heterocycles. The Labute approximate surface area is 93.4 Å². The summed E-state index contributed by atoms with van der Waals surface area (Å²) in [6, 6.07) is 9.65. The highest BCUT2D eigenvalue weighted by Crippen LogP contribution is 2.07. The third-order valence-electron chi connectivity index (χ3n) is 2.37. The van der Waals surface area contributed by atoms with Gasteiger partial charge in [-0.2, -0.15) is 5.26 Å². The second-order valence-electron chi connectivity index (χ2n) is 3.47. The Kier molecular flexibility index (Phi) is 2.99. The van der Waals surface area contributed by atoms with Crippen molar-refractivity contribution >= 4 is 0 Å². The maximum atomic E-state index is 8.91. The van der Waals surface area contributed by atoms with E-state index in [1.54, 1.807) is 17.0 Å². The van der Waals surface area contributed by atoms with Crippen LogP contribution >= 0.6 is 0 Å². The van der Waals surface area contributed by atoms with E-state index in [2.05, 4.69) is 4.98 Å². The van der Waals surface area contributed by atoms with Crippen molar-refractivity contribution in [2.45, 2.75) is 13.2 Å². The lowest BCUT2D eigenvalue weighted by Gasteiger charge is -2.04. The van der Waals surface area contributed by atoms with Gasteiger partial charge in [-0.1, -0.05) is 24.3 Å². The highest BCUT2D eigenvalue weighted by atomic mass is 16.3. The van der Waals surface area contributed by atoms with Gasteiger partial charge in [0.1, 0.15) is 6.07 Å². The van der Waals surface area contributed by atoms with E-state index in [-0.39, 0.29) is 6.61 Å². The Balaban J connectivity index is 2.18. The van der Waals surface area contributed by atoms with Crippen LogP contribution in [0.3, 0.4) is 0 Å². The average Bonchev–Trinajstić information content (AvgIpc) is 2.77. The molecule has 0 bridgehead atoms. The van der Waals surface area contributed by atoms with Gasteiger partial charge in [-0.3, -0.25) is 0 Å². The van der Waals surface area contributed by atoms with Gasteiger partial charge in [0.15, 0.2) is 0 Å². The second kappa shape index (κ2) is 4.60. The first-order chi connectivity index (χ1) is 7.83. The fraction of sp³-hybridized carbons (Fsp3) is 0.167. The van der Waals surface area contributed by atoms with E-state index in [1.807, 2.05) is 30.3 Å². The van der Waals surface area contributed by atoms with Crippen LogP contribution in [0.1, 0.15) is 17.0 Å². The van der Waals surface area contributed by atoms with Gasteiger partial charge in [0.2, 0.25) is 5.82 Å². The molecule has 0 atom stereocenters. The van der Waals surface area contributed by atoms with Crippen LogP contribution in [-0.2, 0) is 13.2 Å². The molecule has 0 radical (unpaired) electrons. The Morgan fingerprint density at radius 2 is 1.94 bits per heavy atom. The third-order valence-corrected chi connectivity index (χ3v) is 2.37. The summed E-state index contributed by atoms with van der Waals surface area (Å²) >= 11 is 0. The minimum absolute atomic E-state index is 0.0504. The molecule has 1 N–H and O–H groups in total. The van der Waals surface area contributed by atoms with E-state index in [9.17, 15) is 0 Å². The van der Waals surface area contributed by atoms with Crippen molar-refractivity contribution in [1.29, 1.82) is 5.26 Å². The lowest BCUT2D eigenvalue weighted by atomic mass is 10.1. The zero-order valence-corrected chi connectivity index (χ0v) is 8.67. The summed E-state index contributed by atoms with van der Waals surface area (Å²) in [6.45, 7) is 0.670. The molecule has 0 saturated heterocycles. The number of aliphatic hydroxyl groups excluding tert-OH is 1. The molecule has 0 spiro atoms. The highest BCUT2D eigenvalue weighted by molar-refractivity contribution is 5.23. The van der Waals surface area contributed by atoms with Gasteiger partial charge in [-0.25, -0.2) is 4.98 Å². The number of hydrogen-bond acceptors (Lipinski definition) is 3. The Morgan fingerprint density at radius 1 is 1.25 bits per heavy atom. The summed E-state index contributed by atoms with van der Waals surface area (Å²) in [5.41, 5.74) is 1.96. The molecule has 2 aromatic rings. The summed E-state index contributed by atoms with van der Waals surface area (Å²) in [6.07, 6.45) is 3.39. The Bertz CT molecular complexity index is 508. The monoisotopic (exact) mass is 213 g/mol. The fourth-order valence-electron chi connectivity index (χ4n) is 1.50. The fourth-order valence-corrected chi connectivity index (χ4v) is 1.50. The molecule has 2 rings (SSSR count). The van der Waals surface area contributed by atoms with Gasteiger partial charge in [0.25, 0.3) is 0 Å². The van der Waals surface area contributed by atoms with Crippen LogP contribution in [0.25, 0.3) is 0 Å². The minimum atomic E-state index is 0.0504. The van der Waals surface area contributed by atoms with Crippen molar-refractivity contribution in [3.63, 3.8) is 0 Å². The molecule has 4 heteroatoms. The molecule has 80 valence electrons. The standard InChI is InChI=1S/C12H11N3O/c13-7-12-14-5-6-15(12)8-10-1-3-11(9-16)4-2-10/h1-6,16H,8-9H2. The minimum Gasteiger partial charge on any atom is -0.392 e. The zero-order chi connectivity index (χ0) is 11.4. The maximum absolute atomic E-state index is 8.91. The third kappa shape index (κ3) is 2.10. The molecular weight excluding hydrogens is 202 g/mol. The molecule has 0 aliphatic heterocycles. The van der Waals surface area contributed by atoms with E-state index in [1.165, 1.54) is 0 Å². The normalized spacial score (nSPS) is 10.0. The molecule has 1 aromatic carbocycles. The van der Waals surface area contributed by atoms with Gasteiger partial charge in [-0.05, 0) is 11.1 Å². The van der Waals surface area contributed by atoms with Gasteiger partial charge in [0.05, 0.1) is 6.61 Å². The molecule has 0 amide bonds. The van der Waals surface area contributed by atoms with Gasteiger partial charge >= 0.3 is 0 Å². The number of rotatable bonds is 3. The van der Waals surface area contributed by atoms with E-state index in [0.717, 1.165) is 11.1 Å². The highest BCUT2D eigenvalue weighted by Gasteiger charge is 2.01. The number of aliphatic hydroxyl groups is 1. The van der Waals surface area contributed by atoms with Crippen molar-refractivity contribution in [2.24, 2.45) is 0 Å². The largest absolute Gasteiger partial charge is 0.392 e. The predicted octanol–water partition coefficient (Wildman–Crippen LogP) is 1.30. The average molecular weight is 213 g/mol. The first-order valence-electron chi connectivity index (χ1n) is 4.93. The SMILES string of the molecule is N#Cc1nccn1Cc1ccc(CO)cc1. The summed E-state index contributed by atoms with van der Waals surface area (Å²) < 4.78 is 1.79. The number of hydrogen-bond donors (Lipinski definition) is 1. The summed E-state index contributed by atoms with van der Waals surface area (Å²) in [7, 11) is 0. The molecule has 0 saturated carbocycles. The first-order valence-corrected chi connectivity index (χ1v) is 4.93. The molecular formula is C12H11N3O. The maximum Gasteiger partial charge on any atom is 0.213 e. The van der Waals surface area contributed by atoms with Crippen LogP contribution in [0.15, 0.2) is 36.7 Å². The van der Waals surface area contributed by atoms with Gasteiger partial charge < -0.3 is 9.67 Å². The number of nitrogens with zero attached hydrogens (tertiary/aromatic N) is 3. The molecule has 0 unspecified atom stereocenters. The molecule has 0 aliphatic rings. The summed E-state index contributed by atoms with van der Waals surface area (Å²) in [4.78, 5) is 3.93. The summed E-state index contributed by atoms with van der Waals surface area (Å²) in [5.74, 6) is 0.409. The van der Waals surface area contributed by atoms with E-state index < -0.39 is 0 Å². The molecule has 0 fully saturated rings. The van der Waals surface area contributed by atoms with Crippen LogP contribution in [0.2, 0.25) is 0 Å². The van der Waals surface area contributed by atoms with Crippen LogP contribution in [-0.4, -0.2) is 14.7 Å². The molecule has 1 heterocycles. The zero-order valence-electron chi connectivity index (χ0n) is 8.67. The molecule has 4 nitrogen and oxygen atoms in total. The van der Waals surface area contributed by atoms with Crippen molar-refractivity contribution < 1.29 is 5.11 Å². The number of nitriles is 1. The van der Waals surface area contributed by atoms with Crippen LogP contribution in [0.5, 0.6) is 0 Å². The second-order valence-corrected chi connectivity index (χ2v) is 3.47. The van der Waals surface area contributed by atoms with Crippen molar-refractivity contribution in [2.75, 3.05) is 0 Å². The first kappa shape index (κ1) is 10.4. The van der Waals surface area contributed by atoms with Crippen LogP contribution in [0.4, 0.5) is 0 Å². The predicted molar refractivity (Wildman–Crippen MR) is 58.4 cm³/mol. The van der Waals surface area contributed by atoms with Crippen molar-refractivity contribution in [3.05, 3.63) is 53.6 Å². The van der Waals surface area contributed by atoms with Crippen LogP contribution in [0, 0.1) is 11.3 Å².